The highest BCUT2D eigenvalue weighted by Crippen LogP contribution is 2.41. The maximum Gasteiger partial charge on any atom is 0.150 e. The van der Waals surface area contributed by atoms with Crippen molar-refractivity contribution in [2.75, 3.05) is 0 Å². The van der Waals surface area contributed by atoms with Crippen molar-refractivity contribution in [3.8, 4) is 0 Å². The molecule has 2 aromatic rings. The molecule has 0 fully saturated rings. The lowest BCUT2D eigenvalue weighted by Gasteiger charge is -2.32. The Morgan fingerprint density at radius 1 is 1.08 bits per heavy atom. The summed E-state index contributed by atoms with van der Waals surface area (Å²) in [6.07, 6.45) is 8.54. The van der Waals surface area contributed by atoms with Crippen LogP contribution in [0.5, 0.6) is 0 Å². The van der Waals surface area contributed by atoms with E-state index in [1.807, 2.05) is 18.2 Å². The molecule has 124 valence electrons. The van der Waals surface area contributed by atoms with Crippen LogP contribution in [0.25, 0.3) is 16.8 Å². The molecule has 0 N–H and O–H groups in total. The zero-order valence-electron chi connectivity index (χ0n) is 14.5. The molecule has 0 amide bonds. The summed E-state index contributed by atoms with van der Waals surface area (Å²) >= 11 is 0. The van der Waals surface area contributed by atoms with Crippen LogP contribution < -0.4 is 0 Å². The van der Waals surface area contributed by atoms with Crippen molar-refractivity contribution in [1.82, 2.24) is 0 Å². The van der Waals surface area contributed by atoms with E-state index in [0.717, 1.165) is 17.4 Å². The quantitative estimate of drug-likeness (QED) is 0.603. The average molecular weight is 322 g/mol. The van der Waals surface area contributed by atoms with Crippen molar-refractivity contribution >= 4 is 23.1 Å². The molecule has 24 heavy (non-hydrogen) atoms. The molecule has 0 aromatic heterocycles. The molecule has 0 atom stereocenters. The average Bonchev–Trinajstić information content (AvgIpc) is 2.54. The van der Waals surface area contributed by atoms with Gasteiger partial charge in [0.2, 0.25) is 0 Å². The molecule has 3 rings (SSSR count). The highest BCUT2D eigenvalue weighted by molar-refractivity contribution is 5.90. The van der Waals surface area contributed by atoms with Crippen LogP contribution in [0.15, 0.2) is 47.6 Å². The summed E-state index contributed by atoms with van der Waals surface area (Å²) in [4.78, 5) is 10.9. The van der Waals surface area contributed by atoms with Gasteiger partial charge in [-0.1, -0.05) is 43.7 Å². The van der Waals surface area contributed by atoms with E-state index in [4.69, 9.17) is 0 Å². The number of hydrogen-bond acceptors (Lipinski definition) is 1. The predicted molar refractivity (Wildman–Crippen MR) is 98.7 cm³/mol. The fourth-order valence-electron chi connectivity index (χ4n) is 3.71. The summed E-state index contributed by atoms with van der Waals surface area (Å²) in [6.45, 7) is 6.79. The first-order chi connectivity index (χ1) is 11.4. The Kier molecular flexibility index (Phi) is 4.40. The van der Waals surface area contributed by atoms with Gasteiger partial charge in [0.25, 0.3) is 0 Å². The first-order valence-corrected chi connectivity index (χ1v) is 8.47. The zero-order valence-corrected chi connectivity index (χ0v) is 14.5. The van der Waals surface area contributed by atoms with Crippen molar-refractivity contribution < 1.29 is 9.18 Å². The molecule has 0 saturated heterocycles. The van der Waals surface area contributed by atoms with Gasteiger partial charge in [-0.15, -0.1) is 0 Å². The minimum absolute atomic E-state index is 0.194. The van der Waals surface area contributed by atoms with Gasteiger partial charge in [0.05, 0.1) is 0 Å². The van der Waals surface area contributed by atoms with Crippen LogP contribution in [0.1, 0.15) is 56.0 Å². The standard InChI is InChI=1S/C22H23FO/c1-15-5-4-10-22(2,3)20(15)9-7-16-6-8-18-11-17(14-24)13-21(23)19(18)12-16/h6-9,11-14H,4-5,10H2,1-3H3/b9-7+. The number of halogens is 1. The van der Waals surface area contributed by atoms with Crippen LogP contribution in [-0.2, 0) is 0 Å². The predicted octanol–water partition coefficient (Wildman–Crippen LogP) is 6.33. The van der Waals surface area contributed by atoms with Gasteiger partial charge in [0.1, 0.15) is 12.1 Å². The summed E-state index contributed by atoms with van der Waals surface area (Å²) in [5.74, 6) is -0.349. The van der Waals surface area contributed by atoms with Crippen molar-refractivity contribution in [3.63, 3.8) is 0 Å². The van der Waals surface area contributed by atoms with Gasteiger partial charge < -0.3 is 0 Å². The van der Waals surface area contributed by atoms with Gasteiger partial charge in [-0.25, -0.2) is 4.39 Å². The van der Waals surface area contributed by atoms with E-state index in [1.54, 1.807) is 6.07 Å². The highest BCUT2D eigenvalue weighted by atomic mass is 19.1. The Morgan fingerprint density at radius 2 is 1.88 bits per heavy atom. The summed E-state index contributed by atoms with van der Waals surface area (Å²) in [5.41, 5.74) is 4.38. The molecule has 2 heteroatoms. The number of hydrogen-bond donors (Lipinski definition) is 0. The number of rotatable bonds is 3. The second kappa shape index (κ2) is 6.35. The molecule has 1 nitrogen and oxygen atoms in total. The van der Waals surface area contributed by atoms with E-state index >= 15 is 0 Å². The smallest absolute Gasteiger partial charge is 0.150 e. The molecule has 0 saturated carbocycles. The van der Waals surface area contributed by atoms with Gasteiger partial charge in [0.15, 0.2) is 0 Å². The van der Waals surface area contributed by atoms with E-state index in [1.165, 1.54) is 30.1 Å². The first-order valence-electron chi connectivity index (χ1n) is 8.47. The second-order valence-electron chi connectivity index (χ2n) is 7.37. The van der Waals surface area contributed by atoms with E-state index in [9.17, 15) is 9.18 Å². The van der Waals surface area contributed by atoms with Crippen LogP contribution in [0.2, 0.25) is 0 Å². The molecule has 0 aliphatic heterocycles. The third-order valence-electron chi connectivity index (χ3n) is 5.07. The summed E-state index contributed by atoms with van der Waals surface area (Å²) in [5, 5.41) is 1.30. The maximum atomic E-state index is 14.2. The lowest BCUT2D eigenvalue weighted by atomic mass is 9.72. The largest absolute Gasteiger partial charge is 0.298 e. The Morgan fingerprint density at radius 3 is 2.58 bits per heavy atom. The van der Waals surface area contributed by atoms with Crippen molar-refractivity contribution in [1.29, 1.82) is 0 Å². The number of carbonyl (C=O) groups is 1. The normalized spacial score (nSPS) is 17.7. The summed E-state index contributed by atoms with van der Waals surface area (Å²) in [7, 11) is 0. The molecule has 1 aliphatic rings. The number of carbonyl (C=O) groups excluding carboxylic acids is 1. The highest BCUT2D eigenvalue weighted by Gasteiger charge is 2.26. The van der Waals surface area contributed by atoms with E-state index in [2.05, 4.69) is 32.9 Å². The van der Waals surface area contributed by atoms with Crippen molar-refractivity contribution in [3.05, 3.63) is 64.5 Å². The Hall–Kier alpha value is -2.22. The molecule has 2 aromatic carbocycles. The molecule has 0 heterocycles. The first kappa shape index (κ1) is 16.6. The number of fused-ring (bicyclic) bond motifs is 1. The number of benzene rings is 2. The van der Waals surface area contributed by atoms with Crippen LogP contribution in [0.4, 0.5) is 4.39 Å². The molecule has 0 radical (unpaired) electrons. The van der Waals surface area contributed by atoms with Gasteiger partial charge in [0, 0.05) is 10.9 Å². The fraction of sp³-hybridized carbons (Fsp3) is 0.318. The third kappa shape index (κ3) is 3.19. The van der Waals surface area contributed by atoms with E-state index < -0.39 is 0 Å². The van der Waals surface area contributed by atoms with Crippen LogP contribution in [0.3, 0.4) is 0 Å². The summed E-state index contributed by atoms with van der Waals surface area (Å²) < 4.78 is 14.2. The third-order valence-corrected chi connectivity index (χ3v) is 5.07. The van der Waals surface area contributed by atoms with E-state index in [-0.39, 0.29) is 11.2 Å². The number of allylic oxidation sites excluding steroid dienone is 3. The second-order valence-corrected chi connectivity index (χ2v) is 7.37. The van der Waals surface area contributed by atoms with Crippen LogP contribution in [0, 0.1) is 11.2 Å². The van der Waals surface area contributed by atoms with Gasteiger partial charge >= 0.3 is 0 Å². The summed E-state index contributed by atoms with van der Waals surface area (Å²) in [6, 6.07) is 8.70. The molecule has 0 unspecified atom stereocenters. The van der Waals surface area contributed by atoms with E-state index in [0.29, 0.717) is 17.2 Å². The fourth-order valence-corrected chi connectivity index (χ4v) is 3.71. The SMILES string of the molecule is CC1=C(/C=C/c2ccc3cc(C=O)cc(F)c3c2)C(C)(C)CCC1. The Balaban J connectivity index is 1.99. The lowest BCUT2D eigenvalue weighted by molar-refractivity contribution is 0.112. The van der Waals surface area contributed by atoms with Gasteiger partial charge in [-0.2, -0.15) is 0 Å². The topological polar surface area (TPSA) is 17.1 Å². The van der Waals surface area contributed by atoms with Crippen molar-refractivity contribution in [2.45, 2.75) is 40.0 Å². The minimum atomic E-state index is -0.349. The Labute approximate surface area is 142 Å². The maximum absolute atomic E-state index is 14.2. The van der Waals surface area contributed by atoms with Gasteiger partial charge in [-0.3, -0.25) is 4.79 Å². The van der Waals surface area contributed by atoms with Crippen LogP contribution >= 0.6 is 0 Å². The molecular formula is C22H23FO. The number of aldehydes is 1. The van der Waals surface area contributed by atoms with Crippen LogP contribution in [-0.4, -0.2) is 6.29 Å². The molecule has 0 spiro atoms. The van der Waals surface area contributed by atoms with Gasteiger partial charge in [-0.05, 0) is 66.3 Å². The molecular weight excluding hydrogens is 299 g/mol. The molecule has 1 aliphatic carbocycles. The lowest BCUT2D eigenvalue weighted by Crippen LogP contribution is -2.18. The Bertz CT molecular complexity index is 856. The van der Waals surface area contributed by atoms with Crippen molar-refractivity contribution in [2.24, 2.45) is 5.41 Å². The molecule has 0 bridgehead atoms. The zero-order chi connectivity index (χ0) is 17.3. The monoisotopic (exact) mass is 322 g/mol. The minimum Gasteiger partial charge on any atom is -0.298 e.